The highest BCUT2D eigenvalue weighted by Gasteiger charge is 2.21. The molecule has 1 aromatic carbocycles. The van der Waals surface area contributed by atoms with Crippen molar-refractivity contribution in [3.05, 3.63) is 29.3 Å². The van der Waals surface area contributed by atoms with E-state index in [-0.39, 0.29) is 17.3 Å². The Morgan fingerprint density at radius 2 is 1.88 bits per heavy atom. The molecule has 92 valence electrons. The van der Waals surface area contributed by atoms with Gasteiger partial charge in [-0.2, -0.15) is 0 Å². The fraction of sp³-hybridized carbons (Fsp3) is 0.417. The van der Waals surface area contributed by atoms with Gasteiger partial charge in [-0.05, 0) is 31.4 Å². The molecule has 1 amide bonds. The summed E-state index contributed by atoms with van der Waals surface area (Å²) in [7, 11) is 1.43. The molecule has 3 nitrogen and oxygen atoms in total. The first kappa shape index (κ1) is 11.8. The number of benzene rings is 1. The van der Waals surface area contributed by atoms with E-state index in [1.54, 1.807) is 0 Å². The Labute approximate surface area is 98.2 Å². The van der Waals surface area contributed by atoms with Crippen LogP contribution in [0.1, 0.15) is 29.6 Å². The van der Waals surface area contributed by atoms with Crippen molar-refractivity contribution in [2.24, 2.45) is 0 Å². The Kier molecular flexibility index (Phi) is 3.26. The van der Waals surface area contributed by atoms with E-state index in [1.165, 1.54) is 7.05 Å². The zero-order chi connectivity index (χ0) is 12.4. The van der Waals surface area contributed by atoms with Gasteiger partial charge < -0.3 is 10.6 Å². The van der Waals surface area contributed by atoms with Gasteiger partial charge in [0.1, 0.15) is 17.3 Å². The van der Waals surface area contributed by atoms with Gasteiger partial charge in [0.05, 0.1) is 0 Å². The average molecular weight is 240 g/mol. The number of rotatable bonds is 3. The summed E-state index contributed by atoms with van der Waals surface area (Å²) in [6.45, 7) is 0. The van der Waals surface area contributed by atoms with E-state index in [2.05, 4.69) is 10.6 Å². The molecular weight excluding hydrogens is 226 g/mol. The van der Waals surface area contributed by atoms with E-state index in [4.69, 9.17) is 0 Å². The van der Waals surface area contributed by atoms with Crippen LogP contribution in [0.25, 0.3) is 0 Å². The van der Waals surface area contributed by atoms with Gasteiger partial charge in [0, 0.05) is 18.7 Å². The molecule has 0 spiro atoms. The molecule has 0 unspecified atom stereocenters. The highest BCUT2D eigenvalue weighted by atomic mass is 19.1. The minimum absolute atomic E-state index is 0.0194. The van der Waals surface area contributed by atoms with Crippen molar-refractivity contribution in [3.63, 3.8) is 0 Å². The van der Waals surface area contributed by atoms with E-state index in [1.807, 2.05) is 0 Å². The normalized spacial score (nSPS) is 15.2. The monoisotopic (exact) mass is 240 g/mol. The fourth-order valence-corrected chi connectivity index (χ4v) is 1.76. The van der Waals surface area contributed by atoms with Crippen LogP contribution in [0.15, 0.2) is 12.1 Å². The number of carbonyl (C=O) groups excluding carboxylic acids is 1. The third-order valence-corrected chi connectivity index (χ3v) is 2.99. The second-order valence-electron chi connectivity index (χ2n) is 4.17. The first-order valence-corrected chi connectivity index (χ1v) is 5.59. The SMILES string of the molecule is CNc1c(F)cc(C(=O)NC2CCC2)cc1F. The predicted octanol–water partition coefficient (Wildman–Crippen LogP) is 2.29. The van der Waals surface area contributed by atoms with Crippen LogP contribution in [0.4, 0.5) is 14.5 Å². The number of hydrogen-bond donors (Lipinski definition) is 2. The number of carbonyl (C=O) groups is 1. The molecule has 0 aromatic heterocycles. The maximum Gasteiger partial charge on any atom is 0.251 e. The smallest absolute Gasteiger partial charge is 0.251 e. The van der Waals surface area contributed by atoms with Crippen LogP contribution in [0.5, 0.6) is 0 Å². The van der Waals surface area contributed by atoms with Crippen molar-refractivity contribution in [2.45, 2.75) is 25.3 Å². The molecule has 2 rings (SSSR count). The molecule has 0 saturated heterocycles. The van der Waals surface area contributed by atoms with Crippen LogP contribution < -0.4 is 10.6 Å². The Balaban J connectivity index is 2.17. The van der Waals surface area contributed by atoms with Gasteiger partial charge in [-0.25, -0.2) is 8.78 Å². The molecule has 0 heterocycles. The van der Waals surface area contributed by atoms with Gasteiger partial charge in [0.2, 0.25) is 0 Å². The maximum absolute atomic E-state index is 13.4. The topological polar surface area (TPSA) is 41.1 Å². The molecule has 17 heavy (non-hydrogen) atoms. The molecule has 1 saturated carbocycles. The number of amides is 1. The van der Waals surface area contributed by atoms with Gasteiger partial charge in [-0.15, -0.1) is 0 Å². The average Bonchev–Trinajstić information content (AvgIpc) is 2.22. The van der Waals surface area contributed by atoms with Gasteiger partial charge in [0.15, 0.2) is 0 Å². The second-order valence-corrected chi connectivity index (χ2v) is 4.17. The van der Waals surface area contributed by atoms with E-state index >= 15 is 0 Å². The van der Waals surface area contributed by atoms with Crippen molar-refractivity contribution in [1.29, 1.82) is 0 Å². The zero-order valence-corrected chi connectivity index (χ0v) is 9.52. The molecule has 1 aromatic rings. The van der Waals surface area contributed by atoms with Gasteiger partial charge in [0.25, 0.3) is 5.91 Å². The maximum atomic E-state index is 13.4. The second kappa shape index (κ2) is 4.69. The Hall–Kier alpha value is -1.65. The van der Waals surface area contributed by atoms with E-state index < -0.39 is 17.5 Å². The minimum atomic E-state index is -0.758. The Bertz CT molecular complexity index is 421. The standard InChI is InChI=1S/C12H14F2N2O/c1-15-11-9(13)5-7(6-10(11)14)12(17)16-8-3-2-4-8/h5-6,8,15H,2-4H2,1H3,(H,16,17). The van der Waals surface area contributed by atoms with Crippen molar-refractivity contribution >= 4 is 11.6 Å². The molecule has 1 fully saturated rings. The molecule has 2 N–H and O–H groups in total. The lowest BCUT2D eigenvalue weighted by Crippen LogP contribution is -2.39. The molecule has 1 aliphatic carbocycles. The summed E-state index contributed by atoms with van der Waals surface area (Å²) >= 11 is 0. The number of anilines is 1. The lowest BCUT2D eigenvalue weighted by atomic mass is 9.93. The zero-order valence-electron chi connectivity index (χ0n) is 9.52. The Morgan fingerprint density at radius 1 is 1.29 bits per heavy atom. The van der Waals surface area contributed by atoms with E-state index in [0.717, 1.165) is 31.4 Å². The lowest BCUT2D eigenvalue weighted by Gasteiger charge is -2.26. The summed E-state index contributed by atoms with van der Waals surface area (Å²) in [5.41, 5.74) is -0.198. The molecule has 0 atom stereocenters. The van der Waals surface area contributed by atoms with Gasteiger partial charge >= 0.3 is 0 Å². The summed E-state index contributed by atoms with van der Waals surface area (Å²) < 4.78 is 26.8. The number of halogens is 2. The van der Waals surface area contributed by atoms with Crippen LogP contribution in [0.3, 0.4) is 0 Å². The van der Waals surface area contributed by atoms with Crippen molar-refractivity contribution < 1.29 is 13.6 Å². The molecule has 5 heteroatoms. The summed E-state index contributed by atoms with van der Waals surface area (Å²) in [5.74, 6) is -1.94. The lowest BCUT2D eigenvalue weighted by molar-refractivity contribution is 0.0916. The van der Waals surface area contributed by atoms with Gasteiger partial charge in [-0.1, -0.05) is 0 Å². The summed E-state index contributed by atoms with van der Waals surface area (Å²) in [5, 5.41) is 5.14. The van der Waals surface area contributed by atoms with Crippen LogP contribution in [-0.4, -0.2) is 19.0 Å². The van der Waals surface area contributed by atoms with E-state index in [9.17, 15) is 13.6 Å². The van der Waals surface area contributed by atoms with Crippen LogP contribution in [-0.2, 0) is 0 Å². The molecule has 1 aliphatic rings. The molecular formula is C12H14F2N2O. The van der Waals surface area contributed by atoms with Crippen LogP contribution in [0, 0.1) is 11.6 Å². The van der Waals surface area contributed by atoms with Crippen molar-refractivity contribution in [3.8, 4) is 0 Å². The first-order chi connectivity index (χ1) is 8.11. The quantitative estimate of drug-likeness (QED) is 0.851. The summed E-state index contributed by atoms with van der Waals surface area (Å²) in [6.07, 6.45) is 2.96. The molecule has 0 bridgehead atoms. The third-order valence-electron chi connectivity index (χ3n) is 2.99. The fourth-order valence-electron chi connectivity index (χ4n) is 1.76. The minimum Gasteiger partial charge on any atom is -0.383 e. The highest BCUT2D eigenvalue weighted by Crippen LogP contribution is 2.22. The Morgan fingerprint density at radius 3 is 2.29 bits per heavy atom. The largest absolute Gasteiger partial charge is 0.383 e. The highest BCUT2D eigenvalue weighted by molar-refractivity contribution is 5.94. The van der Waals surface area contributed by atoms with E-state index in [0.29, 0.717) is 0 Å². The summed E-state index contributed by atoms with van der Waals surface area (Å²) in [6, 6.07) is 2.24. The molecule has 0 radical (unpaired) electrons. The number of hydrogen-bond acceptors (Lipinski definition) is 2. The van der Waals surface area contributed by atoms with Crippen molar-refractivity contribution in [2.75, 3.05) is 12.4 Å². The van der Waals surface area contributed by atoms with Gasteiger partial charge in [-0.3, -0.25) is 4.79 Å². The first-order valence-electron chi connectivity index (χ1n) is 5.59. The number of nitrogens with one attached hydrogen (secondary N) is 2. The van der Waals surface area contributed by atoms with Crippen molar-refractivity contribution in [1.82, 2.24) is 5.32 Å². The summed E-state index contributed by atoms with van der Waals surface area (Å²) in [4.78, 5) is 11.7. The third kappa shape index (κ3) is 2.38. The predicted molar refractivity (Wildman–Crippen MR) is 61.0 cm³/mol. The molecule has 0 aliphatic heterocycles. The van der Waals surface area contributed by atoms with Crippen LogP contribution >= 0.6 is 0 Å². The van der Waals surface area contributed by atoms with Crippen LogP contribution in [0.2, 0.25) is 0 Å².